The molecule has 2 aromatic carbocycles. The summed E-state index contributed by atoms with van der Waals surface area (Å²) >= 11 is 0. The van der Waals surface area contributed by atoms with E-state index >= 15 is 0 Å². The van der Waals surface area contributed by atoms with Crippen molar-refractivity contribution in [2.24, 2.45) is 5.92 Å². The van der Waals surface area contributed by atoms with E-state index < -0.39 is 0 Å². The Hall–Kier alpha value is -3.67. The van der Waals surface area contributed by atoms with E-state index in [1.807, 2.05) is 24.3 Å². The van der Waals surface area contributed by atoms with Crippen LogP contribution in [0.4, 0.5) is 5.69 Å². The highest BCUT2D eigenvalue weighted by molar-refractivity contribution is 6.05. The van der Waals surface area contributed by atoms with E-state index in [0.29, 0.717) is 46.5 Å². The van der Waals surface area contributed by atoms with Crippen molar-refractivity contribution in [3.05, 3.63) is 72.6 Å². The van der Waals surface area contributed by atoms with Crippen molar-refractivity contribution in [3.8, 4) is 17.2 Å². The van der Waals surface area contributed by atoms with Crippen molar-refractivity contribution in [1.82, 2.24) is 9.97 Å². The predicted molar refractivity (Wildman–Crippen MR) is 112 cm³/mol. The maximum Gasteiger partial charge on any atom is 0.255 e. The summed E-state index contributed by atoms with van der Waals surface area (Å²) in [6, 6.07) is 16.2. The molecule has 2 heterocycles. The van der Waals surface area contributed by atoms with E-state index in [-0.39, 0.29) is 5.91 Å². The molecule has 0 atom stereocenters. The van der Waals surface area contributed by atoms with Crippen LogP contribution in [0, 0.1) is 5.92 Å². The smallest absolute Gasteiger partial charge is 0.255 e. The third-order valence-corrected chi connectivity index (χ3v) is 4.25. The van der Waals surface area contributed by atoms with Crippen LogP contribution in [0.2, 0.25) is 0 Å². The maximum atomic E-state index is 12.6. The Labute approximate surface area is 168 Å². The summed E-state index contributed by atoms with van der Waals surface area (Å²) in [6.07, 6.45) is 3.38. The summed E-state index contributed by atoms with van der Waals surface area (Å²) in [6.45, 7) is 4.76. The van der Waals surface area contributed by atoms with Gasteiger partial charge in [0.15, 0.2) is 5.58 Å². The average Bonchev–Trinajstić information content (AvgIpc) is 3.16. The second-order valence-electron chi connectivity index (χ2n) is 7.12. The maximum absolute atomic E-state index is 12.6. The Balaban J connectivity index is 1.52. The minimum atomic E-state index is -0.211. The molecule has 6 heteroatoms. The van der Waals surface area contributed by atoms with Gasteiger partial charge in [0.2, 0.25) is 5.89 Å². The molecule has 0 spiro atoms. The van der Waals surface area contributed by atoms with Gasteiger partial charge in [-0.2, -0.15) is 0 Å². The fraction of sp³-hybridized carbons (Fsp3) is 0.174. The van der Waals surface area contributed by atoms with Gasteiger partial charge in [0.25, 0.3) is 5.91 Å². The van der Waals surface area contributed by atoms with Gasteiger partial charge in [-0.25, -0.2) is 4.98 Å². The Morgan fingerprint density at radius 3 is 2.72 bits per heavy atom. The van der Waals surface area contributed by atoms with Crippen molar-refractivity contribution in [1.29, 1.82) is 0 Å². The second kappa shape index (κ2) is 8.14. The van der Waals surface area contributed by atoms with Crippen molar-refractivity contribution in [2.75, 3.05) is 11.9 Å². The minimum absolute atomic E-state index is 0.211. The van der Waals surface area contributed by atoms with E-state index in [0.717, 1.165) is 5.56 Å². The number of rotatable bonds is 6. The highest BCUT2D eigenvalue weighted by Crippen LogP contribution is 2.26. The molecule has 2 aromatic heterocycles. The van der Waals surface area contributed by atoms with Crippen LogP contribution in [0.3, 0.4) is 0 Å². The molecule has 6 nitrogen and oxygen atoms in total. The molecule has 0 radical (unpaired) electrons. The predicted octanol–water partition coefficient (Wildman–Crippen LogP) is 5.18. The zero-order valence-electron chi connectivity index (χ0n) is 16.3. The molecular formula is C23H21N3O3. The number of pyridine rings is 1. The van der Waals surface area contributed by atoms with Crippen molar-refractivity contribution >= 4 is 22.7 Å². The van der Waals surface area contributed by atoms with Crippen molar-refractivity contribution in [2.45, 2.75) is 13.8 Å². The Morgan fingerprint density at radius 2 is 1.93 bits per heavy atom. The number of carbonyl (C=O) groups is 1. The first-order chi connectivity index (χ1) is 14.1. The summed E-state index contributed by atoms with van der Waals surface area (Å²) < 4.78 is 11.5. The third kappa shape index (κ3) is 4.43. The van der Waals surface area contributed by atoms with Gasteiger partial charge in [-0.15, -0.1) is 0 Å². The Morgan fingerprint density at radius 1 is 1.10 bits per heavy atom. The van der Waals surface area contributed by atoms with Crippen LogP contribution in [-0.2, 0) is 0 Å². The Kier molecular flexibility index (Phi) is 5.24. The molecule has 0 bridgehead atoms. The lowest BCUT2D eigenvalue weighted by Crippen LogP contribution is -2.12. The van der Waals surface area contributed by atoms with Crippen LogP contribution in [0.5, 0.6) is 5.75 Å². The zero-order valence-corrected chi connectivity index (χ0v) is 16.3. The van der Waals surface area contributed by atoms with Crippen LogP contribution in [0.25, 0.3) is 22.6 Å². The summed E-state index contributed by atoms with van der Waals surface area (Å²) in [5.41, 5.74) is 3.34. The molecule has 0 aliphatic carbocycles. The number of nitrogens with one attached hydrogen (secondary N) is 1. The number of benzene rings is 2. The number of hydrogen-bond acceptors (Lipinski definition) is 5. The number of hydrogen-bond donors (Lipinski definition) is 1. The molecule has 0 aliphatic heterocycles. The molecule has 0 saturated heterocycles. The first kappa shape index (κ1) is 18.7. The molecule has 146 valence electrons. The number of amides is 1. The lowest BCUT2D eigenvalue weighted by molar-refractivity contribution is 0.102. The minimum Gasteiger partial charge on any atom is -0.493 e. The van der Waals surface area contributed by atoms with Gasteiger partial charge in [0, 0.05) is 29.2 Å². The van der Waals surface area contributed by atoms with Crippen LogP contribution >= 0.6 is 0 Å². The van der Waals surface area contributed by atoms with Crippen LogP contribution in [0.15, 0.2) is 71.4 Å². The van der Waals surface area contributed by atoms with E-state index in [4.69, 9.17) is 9.15 Å². The topological polar surface area (TPSA) is 77.2 Å². The number of ether oxygens (including phenoxy) is 1. The zero-order chi connectivity index (χ0) is 20.2. The average molecular weight is 387 g/mol. The molecule has 29 heavy (non-hydrogen) atoms. The van der Waals surface area contributed by atoms with Gasteiger partial charge in [-0.1, -0.05) is 19.9 Å². The van der Waals surface area contributed by atoms with Gasteiger partial charge in [0.05, 0.1) is 6.61 Å². The van der Waals surface area contributed by atoms with Crippen LogP contribution in [-0.4, -0.2) is 22.5 Å². The number of anilines is 1. The number of oxazole rings is 1. The SMILES string of the molecule is CC(C)COc1cccc(C(=O)Nc2ccc3oc(-c4ccncc4)nc3c2)c1. The van der Waals surface area contributed by atoms with Gasteiger partial charge in [0.1, 0.15) is 11.3 Å². The molecule has 1 N–H and O–H groups in total. The first-order valence-corrected chi connectivity index (χ1v) is 9.44. The lowest BCUT2D eigenvalue weighted by Gasteiger charge is -2.10. The summed E-state index contributed by atoms with van der Waals surface area (Å²) in [5, 5.41) is 2.91. The van der Waals surface area contributed by atoms with E-state index in [1.165, 1.54) is 0 Å². The number of nitrogens with zero attached hydrogens (tertiary/aromatic N) is 2. The highest BCUT2D eigenvalue weighted by Gasteiger charge is 2.11. The van der Waals surface area contributed by atoms with Gasteiger partial charge in [-0.3, -0.25) is 9.78 Å². The van der Waals surface area contributed by atoms with Crippen molar-refractivity contribution in [3.63, 3.8) is 0 Å². The lowest BCUT2D eigenvalue weighted by atomic mass is 10.2. The van der Waals surface area contributed by atoms with Gasteiger partial charge >= 0.3 is 0 Å². The Bertz CT molecular complexity index is 1140. The fourth-order valence-electron chi connectivity index (χ4n) is 2.82. The number of carbonyl (C=O) groups excluding carboxylic acids is 1. The number of fused-ring (bicyclic) bond motifs is 1. The largest absolute Gasteiger partial charge is 0.493 e. The summed E-state index contributed by atoms with van der Waals surface area (Å²) in [7, 11) is 0. The van der Waals surface area contributed by atoms with Gasteiger partial charge in [-0.05, 0) is 54.4 Å². The van der Waals surface area contributed by atoms with E-state index in [1.54, 1.807) is 42.7 Å². The normalized spacial score (nSPS) is 11.0. The van der Waals surface area contributed by atoms with Crippen LogP contribution in [0.1, 0.15) is 24.2 Å². The third-order valence-electron chi connectivity index (χ3n) is 4.25. The molecule has 0 aliphatic rings. The standard InChI is InChI=1S/C23H21N3O3/c1-15(2)14-28-19-5-3-4-17(12-19)22(27)25-18-6-7-21-20(13-18)26-23(29-21)16-8-10-24-11-9-16/h3-13,15H,14H2,1-2H3,(H,25,27). The molecule has 0 unspecified atom stereocenters. The number of aromatic nitrogens is 2. The van der Waals surface area contributed by atoms with Gasteiger partial charge < -0.3 is 14.5 Å². The van der Waals surface area contributed by atoms with E-state index in [9.17, 15) is 4.79 Å². The molecule has 1 amide bonds. The second-order valence-corrected chi connectivity index (χ2v) is 7.12. The summed E-state index contributed by atoms with van der Waals surface area (Å²) in [5.74, 6) is 1.40. The quantitative estimate of drug-likeness (QED) is 0.493. The molecular weight excluding hydrogens is 366 g/mol. The first-order valence-electron chi connectivity index (χ1n) is 9.44. The highest BCUT2D eigenvalue weighted by atomic mass is 16.5. The van der Waals surface area contributed by atoms with E-state index in [2.05, 4.69) is 29.1 Å². The molecule has 0 saturated carbocycles. The van der Waals surface area contributed by atoms with Crippen LogP contribution < -0.4 is 10.1 Å². The molecule has 4 aromatic rings. The molecule has 0 fully saturated rings. The molecule has 4 rings (SSSR count). The summed E-state index contributed by atoms with van der Waals surface area (Å²) in [4.78, 5) is 21.2. The fourth-order valence-corrected chi connectivity index (χ4v) is 2.82. The monoisotopic (exact) mass is 387 g/mol. The van der Waals surface area contributed by atoms with Crippen molar-refractivity contribution < 1.29 is 13.9 Å².